The van der Waals surface area contributed by atoms with Crippen molar-refractivity contribution in [2.75, 3.05) is 0 Å². The highest BCUT2D eigenvalue weighted by molar-refractivity contribution is 7.71. The third-order valence-electron chi connectivity index (χ3n) is 3.10. The maximum absolute atomic E-state index is 5.35. The predicted molar refractivity (Wildman–Crippen MR) is 61.1 cm³/mol. The van der Waals surface area contributed by atoms with Crippen LogP contribution < -0.4 is 0 Å². The normalized spacial score (nSPS) is 18.9. The number of hydrogen-bond acceptors (Lipinski definition) is 1. The molecule has 2 nitrogen and oxygen atoms in total. The fourth-order valence-corrected chi connectivity index (χ4v) is 2.16. The molecule has 3 heteroatoms. The van der Waals surface area contributed by atoms with Crippen LogP contribution in [0.4, 0.5) is 0 Å². The van der Waals surface area contributed by atoms with Gasteiger partial charge in [-0.05, 0) is 37.7 Å². The van der Waals surface area contributed by atoms with E-state index in [1.165, 1.54) is 18.5 Å². The van der Waals surface area contributed by atoms with Crippen molar-refractivity contribution < 1.29 is 0 Å². The molecule has 0 spiro atoms. The maximum atomic E-state index is 5.35. The van der Waals surface area contributed by atoms with Crippen LogP contribution in [-0.4, -0.2) is 9.78 Å². The van der Waals surface area contributed by atoms with Crippen LogP contribution in [-0.2, 0) is 0 Å². The number of aromatic amines is 1. The van der Waals surface area contributed by atoms with Gasteiger partial charge in [0.25, 0.3) is 0 Å². The van der Waals surface area contributed by atoms with E-state index in [2.05, 4.69) is 36.6 Å². The van der Waals surface area contributed by atoms with E-state index in [0.29, 0.717) is 12.0 Å². The zero-order valence-electron chi connectivity index (χ0n) is 9.08. The van der Waals surface area contributed by atoms with E-state index in [1.807, 2.05) is 0 Å². The SMILES string of the molecule is CC(C)c1cc(=S)n(C(C)C2CC2)[nH]1. The second-order valence-electron chi connectivity index (χ2n) is 4.65. The van der Waals surface area contributed by atoms with Gasteiger partial charge in [-0.15, -0.1) is 0 Å². The van der Waals surface area contributed by atoms with Gasteiger partial charge >= 0.3 is 0 Å². The summed E-state index contributed by atoms with van der Waals surface area (Å²) in [5.41, 5.74) is 1.25. The first-order chi connectivity index (χ1) is 6.59. The summed E-state index contributed by atoms with van der Waals surface area (Å²) in [7, 11) is 0. The molecule has 1 aliphatic rings. The third kappa shape index (κ3) is 1.78. The van der Waals surface area contributed by atoms with Gasteiger partial charge in [-0.25, -0.2) is 0 Å². The van der Waals surface area contributed by atoms with Crippen molar-refractivity contribution >= 4 is 12.2 Å². The fourth-order valence-electron chi connectivity index (χ4n) is 1.82. The number of hydrogen-bond donors (Lipinski definition) is 1. The van der Waals surface area contributed by atoms with Crippen LogP contribution in [0.2, 0.25) is 0 Å². The summed E-state index contributed by atoms with van der Waals surface area (Å²) in [6, 6.07) is 2.65. The lowest BCUT2D eigenvalue weighted by molar-refractivity contribution is 0.431. The molecule has 1 saturated carbocycles. The summed E-state index contributed by atoms with van der Waals surface area (Å²) in [6.07, 6.45) is 2.72. The maximum Gasteiger partial charge on any atom is 0.122 e. The van der Waals surface area contributed by atoms with Crippen LogP contribution in [0.1, 0.15) is 51.3 Å². The molecule has 14 heavy (non-hydrogen) atoms. The van der Waals surface area contributed by atoms with Crippen molar-refractivity contribution in [2.45, 2.75) is 45.6 Å². The molecule has 0 aromatic carbocycles. The van der Waals surface area contributed by atoms with E-state index in [-0.39, 0.29) is 0 Å². The van der Waals surface area contributed by atoms with Gasteiger partial charge in [-0.1, -0.05) is 26.1 Å². The van der Waals surface area contributed by atoms with Crippen LogP contribution in [0.5, 0.6) is 0 Å². The van der Waals surface area contributed by atoms with Crippen molar-refractivity contribution in [1.82, 2.24) is 9.78 Å². The molecular formula is C11H18N2S. The molecule has 1 unspecified atom stereocenters. The summed E-state index contributed by atoms with van der Waals surface area (Å²) in [4.78, 5) is 0. The van der Waals surface area contributed by atoms with E-state index >= 15 is 0 Å². The topological polar surface area (TPSA) is 20.7 Å². The first-order valence-electron chi connectivity index (χ1n) is 5.41. The molecule has 0 bridgehead atoms. The molecule has 78 valence electrons. The van der Waals surface area contributed by atoms with Crippen molar-refractivity contribution in [3.05, 3.63) is 16.4 Å². The molecular weight excluding hydrogens is 192 g/mol. The number of nitrogens with zero attached hydrogens (tertiary/aromatic N) is 1. The van der Waals surface area contributed by atoms with Crippen molar-refractivity contribution in [2.24, 2.45) is 5.92 Å². The first-order valence-corrected chi connectivity index (χ1v) is 5.82. The van der Waals surface area contributed by atoms with Crippen molar-refractivity contribution in [3.8, 4) is 0 Å². The Morgan fingerprint density at radius 1 is 1.43 bits per heavy atom. The molecule has 0 amide bonds. The molecule has 1 aromatic rings. The van der Waals surface area contributed by atoms with Crippen molar-refractivity contribution in [3.63, 3.8) is 0 Å². The smallest absolute Gasteiger partial charge is 0.122 e. The average Bonchev–Trinajstić information content (AvgIpc) is 2.88. The largest absolute Gasteiger partial charge is 0.301 e. The highest BCUT2D eigenvalue weighted by Crippen LogP contribution is 2.39. The van der Waals surface area contributed by atoms with Crippen LogP contribution in [0.15, 0.2) is 6.07 Å². The van der Waals surface area contributed by atoms with Gasteiger partial charge in [-0.3, -0.25) is 4.68 Å². The number of nitrogens with one attached hydrogen (secondary N) is 1. The van der Waals surface area contributed by atoms with E-state index in [1.54, 1.807) is 0 Å². The molecule has 1 aromatic heterocycles. The number of H-pyrrole nitrogens is 1. The Kier molecular flexibility index (Phi) is 2.52. The third-order valence-corrected chi connectivity index (χ3v) is 3.41. The van der Waals surface area contributed by atoms with Crippen LogP contribution in [0, 0.1) is 10.6 Å². The number of rotatable bonds is 3. The van der Waals surface area contributed by atoms with Gasteiger partial charge in [0.15, 0.2) is 0 Å². The van der Waals surface area contributed by atoms with Crippen LogP contribution in [0.25, 0.3) is 0 Å². The van der Waals surface area contributed by atoms with Crippen LogP contribution >= 0.6 is 12.2 Å². The van der Waals surface area contributed by atoms with E-state index in [9.17, 15) is 0 Å². The summed E-state index contributed by atoms with van der Waals surface area (Å²) >= 11 is 5.35. The molecule has 0 saturated heterocycles. The Morgan fingerprint density at radius 3 is 2.50 bits per heavy atom. The lowest BCUT2D eigenvalue weighted by Crippen LogP contribution is -2.09. The predicted octanol–water partition coefficient (Wildman–Crippen LogP) is 3.64. The average molecular weight is 210 g/mol. The van der Waals surface area contributed by atoms with E-state index in [0.717, 1.165) is 10.6 Å². The highest BCUT2D eigenvalue weighted by atomic mass is 32.1. The lowest BCUT2D eigenvalue weighted by Gasteiger charge is -2.12. The molecule has 1 aliphatic carbocycles. The minimum atomic E-state index is 0.532. The molecule has 0 aliphatic heterocycles. The zero-order valence-corrected chi connectivity index (χ0v) is 9.90. The van der Waals surface area contributed by atoms with Gasteiger partial charge in [0.1, 0.15) is 4.64 Å². The van der Waals surface area contributed by atoms with Crippen molar-refractivity contribution in [1.29, 1.82) is 0 Å². The second-order valence-corrected chi connectivity index (χ2v) is 5.07. The Hall–Kier alpha value is -0.570. The lowest BCUT2D eigenvalue weighted by atomic mass is 10.1. The van der Waals surface area contributed by atoms with Crippen LogP contribution in [0.3, 0.4) is 0 Å². The summed E-state index contributed by atoms with van der Waals surface area (Å²) in [5.74, 6) is 1.38. The monoisotopic (exact) mass is 210 g/mol. The summed E-state index contributed by atoms with van der Waals surface area (Å²) < 4.78 is 3.11. The van der Waals surface area contributed by atoms with Gasteiger partial charge in [0, 0.05) is 5.69 Å². The zero-order chi connectivity index (χ0) is 10.3. The fraction of sp³-hybridized carbons (Fsp3) is 0.727. The minimum Gasteiger partial charge on any atom is -0.301 e. The standard InChI is InChI=1S/C11H18N2S/c1-7(2)10-6-11(14)13(12-10)8(3)9-4-5-9/h6-9,12H,4-5H2,1-3H3. The molecule has 0 radical (unpaired) electrons. The van der Waals surface area contributed by atoms with Gasteiger partial charge in [-0.2, -0.15) is 0 Å². The van der Waals surface area contributed by atoms with Gasteiger partial charge in [0.2, 0.25) is 0 Å². The molecule has 1 heterocycles. The second kappa shape index (κ2) is 3.54. The summed E-state index contributed by atoms with van der Waals surface area (Å²) in [6.45, 7) is 6.63. The quantitative estimate of drug-likeness (QED) is 0.755. The molecule has 1 atom stereocenters. The highest BCUT2D eigenvalue weighted by Gasteiger charge is 2.29. The molecule has 1 fully saturated rings. The van der Waals surface area contributed by atoms with Gasteiger partial charge < -0.3 is 5.10 Å². The Bertz CT molecular complexity index is 371. The Balaban J connectivity index is 2.28. The first kappa shape index (κ1) is 9.97. The Labute approximate surface area is 90.3 Å². The van der Waals surface area contributed by atoms with E-state index in [4.69, 9.17) is 12.2 Å². The summed E-state index contributed by atoms with van der Waals surface area (Å²) in [5, 5.41) is 3.41. The molecule has 2 rings (SSSR count). The van der Waals surface area contributed by atoms with E-state index < -0.39 is 0 Å². The molecule has 1 N–H and O–H groups in total. The van der Waals surface area contributed by atoms with Gasteiger partial charge in [0.05, 0.1) is 6.04 Å². The number of aromatic nitrogens is 2. The Morgan fingerprint density at radius 2 is 2.07 bits per heavy atom. The minimum absolute atomic E-state index is 0.532.